The summed E-state index contributed by atoms with van der Waals surface area (Å²) in [6.07, 6.45) is 1.06. The lowest BCUT2D eigenvalue weighted by molar-refractivity contribution is -0.144. The third kappa shape index (κ3) is 4.45. The van der Waals surface area contributed by atoms with Crippen molar-refractivity contribution >= 4 is 11.1 Å². The van der Waals surface area contributed by atoms with Crippen molar-refractivity contribution in [2.45, 2.75) is 49.8 Å². The fourth-order valence-electron chi connectivity index (χ4n) is 5.59. The lowest BCUT2D eigenvalue weighted by Gasteiger charge is -2.29. The van der Waals surface area contributed by atoms with Gasteiger partial charge in [-0.05, 0) is 16.7 Å². The van der Waals surface area contributed by atoms with Crippen molar-refractivity contribution in [3.63, 3.8) is 0 Å². The second kappa shape index (κ2) is 10.5. The minimum absolute atomic E-state index is 0.152. The highest BCUT2D eigenvalue weighted by atomic mass is 16.7. The first-order valence-corrected chi connectivity index (χ1v) is 13.3. The summed E-state index contributed by atoms with van der Waals surface area (Å²) in [5.74, 6) is 0. The second-order valence-corrected chi connectivity index (χ2v) is 10.1. The van der Waals surface area contributed by atoms with Crippen molar-refractivity contribution in [2.24, 2.45) is 0 Å². The molecule has 8 heteroatoms. The van der Waals surface area contributed by atoms with E-state index in [2.05, 4.69) is 9.97 Å². The quantitative estimate of drug-likeness (QED) is 0.265. The molecule has 8 nitrogen and oxygen atoms in total. The van der Waals surface area contributed by atoms with E-state index < -0.39 is 17.8 Å². The van der Waals surface area contributed by atoms with Crippen molar-refractivity contribution in [2.75, 3.05) is 0 Å². The molecule has 3 heterocycles. The number of aromatic nitrogens is 2. The molecule has 2 fully saturated rings. The van der Waals surface area contributed by atoms with Crippen LogP contribution >= 0.6 is 0 Å². The third-order valence-electron chi connectivity index (χ3n) is 7.64. The highest BCUT2D eigenvalue weighted by Gasteiger charge is 2.80. The lowest BCUT2D eigenvalue weighted by Crippen LogP contribution is -2.40. The fraction of sp³-hybridized carbons (Fsp3) is 0.250. The molecular weight excluding hydrogens is 508 g/mol. The summed E-state index contributed by atoms with van der Waals surface area (Å²) >= 11 is 0. The number of ether oxygens (including phenoxy) is 4. The van der Waals surface area contributed by atoms with Crippen molar-refractivity contribution < 1.29 is 23.4 Å². The van der Waals surface area contributed by atoms with Gasteiger partial charge in [-0.25, -0.2) is 4.98 Å². The molecule has 2 aromatic heterocycles. The molecule has 0 spiro atoms. The van der Waals surface area contributed by atoms with Gasteiger partial charge in [-0.3, -0.25) is 4.79 Å². The Labute approximate surface area is 230 Å². The Hall–Kier alpha value is -4.08. The summed E-state index contributed by atoms with van der Waals surface area (Å²) in [4.78, 5) is 19.3. The van der Waals surface area contributed by atoms with E-state index >= 15 is 0 Å². The minimum atomic E-state index is -0.866. The number of hydrogen-bond acceptors (Lipinski definition) is 7. The van der Waals surface area contributed by atoms with Crippen LogP contribution in [-0.2, 0) is 38.8 Å². The molecule has 0 bridgehead atoms. The molecule has 1 aliphatic carbocycles. The van der Waals surface area contributed by atoms with E-state index in [1.807, 2.05) is 91.0 Å². The Morgan fingerprint density at radius 3 is 1.98 bits per heavy atom. The lowest BCUT2D eigenvalue weighted by atomic mass is 10.0. The number of H-pyrrole nitrogens is 1. The van der Waals surface area contributed by atoms with Crippen LogP contribution < -0.4 is 5.56 Å². The molecule has 0 amide bonds. The zero-order chi connectivity index (χ0) is 26.9. The molecule has 1 N–H and O–H groups in total. The Kier molecular flexibility index (Phi) is 6.53. The zero-order valence-electron chi connectivity index (χ0n) is 21.6. The number of benzene rings is 3. The number of furan rings is 1. The van der Waals surface area contributed by atoms with Gasteiger partial charge < -0.3 is 28.3 Å². The first-order valence-electron chi connectivity index (χ1n) is 13.3. The maximum atomic E-state index is 12.4. The maximum Gasteiger partial charge on any atom is 0.294 e. The van der Waals surface area contributed by atoms with Crippen molar-refractivity contribution in [3.05, 3.63) is 136 Å². The number of aromatic amines is 1. The highest BCUT2D eigenvalue weighted by molar-refractivity contribution is 5.76. The van der Waals surface area contributed by atoms with Crippen LogP contribution in [0.5, 0.6) is 0 Å². The van der Waals surface area contributed by atoms with E-state index in [1.54, 1.807) is 0 Å². The molecule has 1 aliphatic heterocycles. The molecule has 1 unspecified atom stereocenters. The van der Waals surface area contributed by atoms with Crippen LogP contribution in [0.4, 0.5) is 0 Å². The van der Waals surface area contributed by atoms with Crippen molar-refractivity contribution in [1.29, 1.82) is 0 Å². The van der Waals surface area contributed by atoms with Crippen LogP contribution in [0.25, 0.3) is 11.1 Å². The van der Waals surface area contributed by atoms with Crippen LogP contribution in [0.1, 0.15) is 28.4 Å². The second-order valence-electron chi connectivity index (χ2n) is 10.1. The summed E-state index contributed by atoms with van der Waals surface area (Å²) in [6, 6.07) is 30.0. The van der Waals surface area contributed by atoms with Gasteiger partial charge >= 0.3 is 0 Å². The molecule has 7 rings (SSSR count). The van der Waals surface area contributed by atoms with Gasteiger partial charge in [0, 0.05) is 5.56 Å². The Morgan fingerprint density at radius 2 is 1.35 bits per heavy atom. The summed E-state index contributed by atoms with van der Waals surface area (Å²) in [5, 5.41) is 0. The van der Waals surface area contributed by atoms with Gasteiger partial charge in [-0.1, -0.05) is 91.0 Å². The monoisotopic (exact) mass is 536 g/mol. The molecule has 3 aromatic carbocycles. The van der Waals surface area contributed by atoms with Gasteiger partial charge in [-0.2, -0.15) is 0 Å². The van der Waals surface area contributed by atoms with Gasteiger partial charge in [0.1, 0.15) is 29.9 Å². The number of fused-ring (bicyclic) bond motifs is 2. The summed E-state index contributed by atoms with van der Waals surface area (Å²) in [7, 11) is 0. The van der Waals surface area contributed by atoms with Gasteiger partial charge in [0.15, 0.2) is 5.60 Å². The fourth-order valence-corrected chi connectivity index (χ4v) is 5.59. The molecule has 40 heavy (non-hydrogen) atoms. The predicted molar refractivity (Wildman–Crippen MR) is 146 cm³/mol. The van der Waals surface area contributed by atoms with Crippen molar-refractivity contribution in [1.82, 2.24) is 9.97 Å². The molecule has 5 aromatic rings. The average Bonchev–Trinajstić information content (AvgIpc) is 3.25. The zero-order valence-corrected chi connectivity index (χ0v) is 21.6. The van der Waals surface area contributed by atoms with Crippen molar-refractivity contribution in [3.8, 4) is 0 Å². The van der Waals surface area contributed by atoms with Crippen LogP contribution in [-0.4, -0.2) is 33.9 Å². The molecule has 202 valence electrons. The van der Waals surface area contributed by atoms with Gasteiger partial charge in [0.05, 0.1) is 32.4 Å². The van der Waals surface area contributed by atoms with Gasteiger partial charge in [0.2, 0.25) is 5.58 Å². The molecular formula is C32H28N2O6. The summed E-state index contributed by atoms with van der Waals surface area (Å²) < 4.78 is 32.1. The Bertz CT molecular complexity index is 1640. The Morgan fingerprint density at radius 1 is 0.775 bits per heavy atom. The van der Waals surface area contributed by atoms with E-state index in [4.69, 9.17) is 23.4 Å². The minimum Gasteiger partial charge on any atom is -0.456 e. The predicted octanol–water partition coefficient (Wildman–Crippen LogP) is 5.10. The topological polar surface area (TPSA) is 95.8 Å². The molecule has 1 saturated carbocycles. The first-order chi connectivity index (χ1) is 19.7. The maximum absolute atomic E-state index is 12.4. The largest absolute Gasteiger partial charge is 0.456 e. The molecule has 2 aliphatic rings. The summed E-state index contributed by atoms with van der Waals surface area (Å²) in [6.45, 7) is 1.14. The van der Waals surface area contributed by atoms with Crippen LogP contribution in [0.3, 0.4) is 0 Å². The summed E-state index contributed by atoms with van der Waals surface area (Å²) in [5.41, 5.74) is 3.16. The van der Waals surface area contributed by atoms with Gasteiger partial charge in [-0.15, -0.1) is 0 Å². The molecule has 5 atom stereocenters. The number of rotatable bonds is 10. The van der Waals surface area contributed by atoms with E-state index in [0.29, 0.717) is 30.9 Å². The highest BCUT2D eigenvalue weighted by Crippen LogP contribution is 2.61. The number of nitrogens with one attached hydrogen (secondary N) is 1. The number of hydrogen-bond donors (Lipinski definition) is 1. The third-order valence-corrected chi connectivity index (χ3v) is 7.64. The molecule has 1 saturated heterocycles. The number of nitrogens with zero attached hydrogens (tertiary/aromatic N) is 1. The molecule has 0 radical (unpaired) electrons. The van der Waals surface area contributed by atoms with E-state index in [0.717, 1.165) is 16.7 Å². The SMILES string of the molecule is O=c1[nH]cnc2c([C@@H]3O[C@@H]4C(OCc5ccccc5)[C@]4(OCc4ccccc4)[C@H]3OCc3ccccc3)coc12. The van der Waals surface area contributed by atoms with E-state index in [1.165, 1.54) is 12.6 Å². The normalized spacial score (nSPS) is 25.2. The smallest absolute Gasteiger partial charge is 0.294 e. The standard InChI is InChI=1S/C32H28N2O6/c35-31-27-25(33-20-34-31)24(19-36-27)26-28(37-16-21-10-4-1-5-11-21)32(39-18-23-14-8-3-9-15-23)29(30(32)40-26)38-17-22-12-6-2-7-13-22/h1-15,19-20,26,28-30H,16-18H2,(H,33,34,35)/t26-,28-,29?,30+,32+/m0/s1. The van der Waals surface area contributed by atoms with Crippen LogP contribution in [0.2, 0.25) is 0 Å². The first kappa shape index (κ1) is 24.9. The van der Waals surface area contributed by atoms with Crippen LogP contribution in [0, 0.1) is 0 Å². The average molecular weight is 537 g/mol. The van der Waals surface area contributed by atoms with E-state index in [9.17, 15) is 4.79 Å². The van der Waals surface area contributed by atoms with Gasteiger partial charge in [0.25, 0.3) is 5.56 Å². The van der Waals surface area contributed by atoms with Crippen LogP contribution in [0.15, 0.2) is 113 Å². The van der Waals surface area contributed by atoms with E-state index in [-0.39, 0.29) is 23.4 Å². The Balaban J connectivity index is 1.24.